The molecule has 2 heterocycles. The molecule has 3 nitrogen and oxygen atoms in total. The summed E-state index contributed by atoms with van der Waals surface area (Å²) < 4.78 is 0. The maximum Gasteiger partial charge on any atom is 0.0985 e. The molecule has 0 aliphatic carbocycles. The van der Waals surface area contributed by atoms with E-state index in [1.54, 1.807) is 23.7 Å². The van der Waals surface area contributed by atoms with Crippen LogP contribution in [0.15, 0.2) is 23.8 Å². The molecular weight excluding hydrogens is 194 g/mol. The lowest BCUT2D eigenvalue weighted by Crippen LogP contribution is -2.00. The summed E-state index contributed by atoms with van der Waals surface area (Å²) in [5.74, 6) is 0. The molecule has 2 aromatic rings. The van der Waals surface area contributed by atoms with Crippen LogP contribution in [0.3, 0.4) is 0 Å². The van der Waals surface area contributed by atoms with Crippen molar-refractivity contribution in [3.05, 3.63) is 40.1 Å². The maximum absolute atomic E-state index is 5.91. The molecule has 0 atom stereocenters. The fourth-order valence-electron chi connectivity index (χ4n) is 1.25. The highest BCUT2D eigenvalue weighted by Crippen LogP contribution is 2.18. The van der Waals surface area contributed by atoms with Crippen LogP contribution < -0.4 is 5.73 Å². The number of hydrogen-bond donors (Lipinski definition) is 1. The number of nitrogens with zero attached hydrogens (tertiary/aromatic N) is 2. The molecule has 4 heteroatoms. The molecule has 2 aromatic heterocycles. The molecule has 0 amide bonds. The molecule has 0 fully saturated rings. The van der Waals surface area contributed by atoms with Crippen LogP contribution in [0.4, 0.5) is 5.69 Å². The largest absolute Gasteiger partial charge is 0.397 e. The second-order valence-electron chi connectivity index (χ2n) is 3.09. The van der Waals surface area contributed by atoms with Crippen LogP contribution in [0.1, 0.15) is 16.3 Å². The third-order valence-corrected chi connectivity index (χ3v) is 2.87. The van der Waals surface area contributed by atoms with Crippen molar-refractivity contribution in [2.45, 2.75) is 13.3 Å². The van der Waals surface area contributed by atoms with E-state index >= 15 is 0 Å². The average Bonchev–Trinajstić information content (AvgIpc) is 2.66. The highest BCUT2D eigenvalue weighted by Gasteiger charge is 2.05. The summed E-state index contributed by atoms with van der Waals surface area (Å²) in [6, 6.07) is 1.92. The normalized spacial score (nSPS) is 10.4. The number of rotatable bonds is 2. The van der Waals surface area contributed by atoms with Gasteiger partial charge < -0.3 is 5.73 Å². The van der Waals surface area contributed by atoms with E-state index in [9.17, 15) is 0 Å². The predicted molar refractivity (Wildman–Crippen MR) is 58.3 cm³/mol. The van der Waals surface area contributed by atoms with Crippen molar-refractivity contribution in [2.24, 2.45) is 0 Å². The number of hydrogen-bond acceptors (Lipinski definition) is 4. The summed E-state index contributed by atoms with van der Waals surface area (Å²) in [6.45, 7) is 1.99. The molecule has 14 heavy (non-hydrogen) atoms. The van der Waals surface area contributed by atoms with Gasteiger partial charge in [0.1, 0.15) is 0 Å². The molecule has 2 rings (SSSR count). The lowest BCUT2D eigenvalue weighted by atomic mass is 10.1. The van der Waals surface area contributed by atoms with Crippen LogP contribution in [0.25, 0.3) is 0 Å². The van der Waals surface area contributed by atoms with Gasteiger partial charge in [0.25, 0.3) is 0 Å². The zero-order chi connectivity index (χ0) is 9.97. The number of aromatic nitrogens is 2. The lowest BCUT2D eigenvalue weighted by molar-refractivity contribution is 1.05. The first-order valence-corrected chi connectivity index (χ1v) is 5.23. The number of anilines is 1. The second kappa shape index (κ2) is 3.75. The zero-order valence-corrected chi connectivity index (χ0v) is 8.71. The van der Waals surface area contributed by atoms with Gasteiger partial charge in [0.15, 0.2) is 0 Å². The molecule has 0 unspecified atom stereocenters. The van der Waals surface area contributed by atoms with Gasteiger partial charge in [-0.2, -0.15) is 0 Å². The summed E-state index contributed by atoms with van der Waals surface area (Å²) in [5.41, 5.74) is 8.69. The minimum Gasteiger partial charge on any atom is -0.397 e. The summed E-state index contributed by atoms with van der Waals surface area (Å²) in [7, 11) is 0. The Labute approximate surface area is 86.6 Å². The molecule has 0 aromatic carbocycles. The number of nitrogens with two attached hydrogens (primary N) is 1. The zero-order valence-electron chi connectivity index (χ0n) is 7.90. The van der Waals surface area contributed by atoms with E-state index < -0.39 is 0 Å². The van der Waals surface area contributed by atoms with E-state index in [0.29, 0.717) is 0 Å². The Balaban J connectivity index is 2.29. The molecule has 0 radical (unpaired) electrons. The van der Waals surface area contributed by atoms with Crippen LogP contribution in [0, 0.1) is 6.92 Å². The van der Waals surface area contributed by atoms with E-state index in [1.807, 2.05) is 18.4 Å². The molecule has 0 spiro atoms. The van der Waals surface area contributed by atoms with Crippen molar-refractivity contribution < 1.29 is 0 Å². The highest BCUT2D eigenvalue weighted by atomic mass is 32.1. The first kappa shape index (κ1) is 9.15. The van der Waals surface area contributed by atoms with Crippen LogP contribution in [0.5, 0.6) is 0 Å². The van der Waals surface area contributed by atoms with Crippen molar-refractivity contribution in [1.29, 1.82) is 0 Å². The first-order chi connectivity index (χ1) is 6.77. The molecule has 2 N–H and O–H groups in total. The second-order valence-corrected chi connectivity index (χ2v) is 4.07. The fourth-order valence-corrected chi connectivity index (χ4v) is 1.87. The third-order valence-electron chi connectivity index (χ3n) is 2.09. The van der Waals surface area contributed by atoms with Crippen LogP contribution in [0.2, 0.25) is 0 Å². The quantitative estimate of drug-likeness (QED) is 0.816. The van der Waals surface area contributed by atoms with E-state index in [0.717, 1.165) is 28.4 Å². The minimum atomic E-state index is 0.727. The predicted octanol–water partition coefficient (Wildman–Crippen LogP) is 2.02. The Morgan fingerprint density at radius 2 is 2.21 bits per heavy atom. The Hall–Kier alpha value is -1.42. The molecule has 0 aliphatic heterocycles. The van der Waals surface area contributed by atoms with Gasteiger partial charge in [-0.05, 0) is 18.6 Å². The topological polar surface area (TPSA) is 51.8 Å². The van der Waals surface area contributed by atoms with Crippen molar-refractivity contribution in [3.63, 3.8) is 0 Å². The fraction of sp³-hybridized carbons (Fsp3) is 0.200. The van der Waals surface area contributed by atoms with Gasteiger partial charge in [0, 0.05) is 24.2 Å². The number of pyridine rings is 1. The van der Waals surface area contributed by atoms with Gasteiger partial charge in [-0.15, -0.1) is 11.3 Å². The average molecular weight is 205 g/mol. The van der Waals surface area contributed by atoms with Crippen LogP contribution in [-0.4, -0.2) is 9.97 Å². The van der Waals surface area contributed by atoms with Gasteiger partial charge in [-0.25, -0.2) is 4.98 Å². The molecule has 72 valence electrons. The first-order valence-electron chi connectivity index (χ1n) is 4.35. The molecule has 0 saturated heterocycles. The van der Waals surface area contributed by atoms with Crippen molar-refractivity contribution in [3.8, 4) is 0 Å². The summed E-state index contributed by atoms with van der Waals surface area (Å²) in [4.78, 5) is 8.46. The molecule has 0 bridgehead atoms. The van der Waals surface area contributed by atoms with Gasteiger partial charge in [0.2, 0.25) is 0 Å². The standard InChI is InChI=1S/C10H11N3S/c1-7-2-3-12-8(10(7)11)6-9-13-4-5-14-9/h2-5H,6,11H2,1H3. The summed E-state index contributed by atoms with van der Waals surface area (Å²) in [5, 5.41) is 3.01. The van der Waals surface area contributed by atoms with Crippen molar-refractivity contribution in [2.75, 3.05) is 5.73 Å². The van der Waals surface area contributed by atoms with Gasteiger partial charge in [-0.1, -0.05) is 0 Å². The van der Waals surface area contributed by atoms with E-state index in [1.165, 1.54) is 0 Å². The van der Waals surface area contributed by atoms with Crippen molar-refractivity contribution >= 4 is 17.0 Å². The minimum absolute atomic E-state index is 0.727. The number of aryl methyl sites for hydroxylation is 1. The smallest absolute Gasteiger partial charge is 0.0985 e. The number of thiazole rings is 1. The Morgan fingerprint density at radius 1 is 1.36 bits per heavy atom. The van der Waals surface area contributed by atoms with Gasteiger partial charge in [-0.3, -0.25) is 4.98 Å². The maximum atomic E-state index is 5.91. The Kier molecular flexibility index (Phi) is 2.45. The Morgan fingerprint density at radius 3 is 2.93 bits per heavy atom. The van der Waals surface area contributed by atoms with Crippen LogP contribution in [-0.2, 0) is 6.42 Å². The molecule has 0 aliphatic rings. The summed E-state index contributed by atoms with van der Waals surface area (Å²) in [6.07, 6.45) is 4.31. The number of nitrogen functional groups attached to an aromatic ring is 1. The van der Waals surface area contributed by atoms with Crippen molar-refractivity contribution in [1.82, 2.24) is 9.97 Å². The highest BCUT2D eigenvalue weighted by molar-refractivity contribution is 7.09. The van der Waals surface area contributed by atoms with Gasteiger partial charge in [0.05, 0.1) is 16.4 Å². The van der Waals surface area contributed by atoms with Gasteiger partial charge >= 0.3 is 0 Å². The molecular formula is C10H11N3S. The van der Waals surface area contributed by atoms with Crippen LogP contribution >= 0.6 is 11.3 Å². The Bertz CT molecular complexity index is 423. The summed E-state index contributed by atoms with van der Waals surface area (Å²) >= 11 is 1.63. The third kappa shape index (κ3) is 1.75. The van der Waals surface area contributed by atoms with E-state index in [4.69, 9.17) is 5.73 Å². The SMILES string of the molecule is Cc1ccnc(Cc2nccs2)c1N. The monoisotopic (exact) mass is 205 g/mol. The van der Waals surface area contributed by atoms with E-state index in [-0.39, 0.29) is 0 Å². The lowest BCUT2D eigenvalue weighted by Gasteiger charge is -2.04. The van der Waals surface area contributed by atoms with E-state index in [2.05, 4.69) is 9.97 Å². The molecule has 0 saturated carbocycles.